The van der Waals surface area contributed by atoms with Crippen molar-refractivity contribution in [3.63, 3.8) is 0 Å². The fourth-order valence-electron chi connectivity index (χ4n) is 1.29. The molecule has 1 aromatic heterocycles. The first-order chi connectivity index (χ1) is 7.20. The van der Waals surface area contributed by atoms with Gasteiger partial charge in [0.25, 0.3) is 0 Å². The van der Waals surface area contributed by atoms with Gasteiger partial charge in [-0.05, 0) is 45.2 Å². The zero-order valence-corrected chi connectivity index (χ0v) is 10.1. The molecule has 1 heterocycles. The number of nitrogens with zero attached hydrogens (tertiary/aromatic N) is 2. The molecule has 0 amide bonds. The van der Waals surface area contributed by atoms with Crippen LogP contribution in [0.5, 0.6) is 0 Å². The van der Waals surface area contributed by atoms with Gasteiger partial charge in [0.05, 0.1) is 5.02 Å². The van der Waals surface area contributed by atoms with Crippen LogP contribution in [-0.2, 0) is 6.54 Å². The first kappa shape index (κ1) is 12.4. The molecule has 4 heteroatoms. The Morgan fingerprint density at radius 1 is 1.47 bits per heavy atom. The van der Waals surface area contributed by atoms with Gasteiger partial charge in [0.1, 0.15) is 0 Å². The molecule has 0 aliphatic rings. The van der Waals surface area contributed by atoms with Crippen LogP contribution < -0.4 is 5.32 Å². The van der Waals surface area contributed by atoms with Crippen molar-refractivity contribution in [1.82, 2.24) is 15.2 Å². The molecular formula is C11H18ClN3. The zero-order valence-electron chi connectivity index (χ0n) is 9.33. The number of aromatic nitrogens is 1. The van der Waals surface area contributed by atoms with Crippen molar-refractivity contribution in [2.24, 2.45) is 0 Å². The van der Waals surface area contributed by atoms with Gasteiger partial charge in [-0.1, -0.05) is 11.6 Å². The summed E-state index contributed by atoms with van der Waals surface area (Å²) in [5.41, 5.74) is 1.11. The van der Waals surface area contributed by atoms with Crippen molar-refractivity contribution in [3.8, 4) is 0 Å². The molecule has 3 nitrogen and oxygen atoms in total. The first-order valence-electron chi connectivity index (χ1n) is 5.14. The Bertz CT molecular complexity index is 289. The Morgan fingerprint density at radius 3 is 2.93 bits per heavy atom. The van der Waals surface area contributed by atoms with Crippen LogP contribution in [0.25, 0.3) is 0 Å². The van der Waals surface area contributed by atoms with E-state index in [4.69, 9.17) is 11.6 Å². The average Bonchev–Trinajstić information content (AvgIpc) is 2.20. The molecule has 0 bridgehead atoms. The van der Waals surface area contributed by atoms with Crippen LogP contribution in [0.3, 0.4) is 0 Å². The summed E-state index contributed by atoms with van der Waals surface area (Å²) in [6.07, 6.45) is 4.59. The molecular weight excluding hydrogens is 210 g/mol. The highest BCUT2D eigenvalue weighted by Gasteiger charge is 1.98. The highest BCUT2D eigenvalue weighted by molar-refractivity contribution is 6.31. The van der Waals surface area contributed by atoms with Crippen molar-refractivity contribution < 1.29 is 0 Å². The Kier molecular flexibility index (Phi) is 5.61. The van der Waals surface area contributed by atoms with Crippen LogP contribution in [0.4, 0.5) is 0 Å². The minimum atomic E-state index is 0.734. The third kappa shape index (κ3) is 5.11. The van der Waals surface area contributed by atoms with E-state index < -0.39 is 0 Å². The summed E-state index contributed by atoms with van der Waals surface area (Å²) in [6, 6.07) is 1.95. The molecule has 1 rings (SSSR count). The normalized spacial score (nSPS) is 10.9. The van der Waals surface area contributed by atoms with E-state index in [1.807, 2.05) is 6.07 Å². The van der Waals surface area contributed by atoms with E-state index in [1.54, 1.807) is 12.4 Å². The molecule has 0 spiro atoms. The summed E-state index contributed by atoms with van der Waals surface area (Å²) in [4.78, 5) is 6.13. The van der Waals surface area contributed by atoms with E-state index in [1.165, 1.54) is 0 Å². The van der Waals surface area contributed by atoms with E-state index in [9.17, 15) is 0 Å². The van der Waals surface area contributed by atoms with Crippen LogP contribution in [0.2, 0.25) is 5.02 Å². The molecule has 0 saturated carbocycles. The summed E-state index contributed by atoms with van der Waals surface area (Å²) >= 11 is 5.98. The summed E-state index contributed by atoms with van der Waals surface area (Å²) in [5.74, 6) is 0. The molecule has 84 valence electrons. The summed E-state index contributed by atoms with van der Waals surface area (Å²) in [6.45, 7) is 2.93. The van der Waals surface area contributed by atoms with E-state index in [2.05, 4.69) is 29.3 Å². The Labute approximate surface area is 96.5 Å². The van der Waals surface area contributed by atoms with Gasteiger partial charge in [-0.25, -0.2) is 0 Å². The van der Waals surface area contributed by atoms with E-state index in [0.29, 0.717) is 0 Å². The largest absolute Gasteiger partial charge is 0.313 e. The summed E-state index contributed by atoms with van der Waals surface area (Å²) in [5, 5.41) is 4.09. The smallest absolute Gasteiger partial charge is 0.0634 e. The summed E-state index contributed by atoms with van der Waals surface area (Å²) in [7, 11) is 4.17. The maximum atomic E-state index is 5.98. The number of hydrogen-bond acceptors (Lipinski definition) is 3. The van der Waals surface area contributed by atoms with Gasteiger partial charge in [0.2, 0.25) is 0 Å². The van der Waals surface area contributed by atoms with Crippen molar-refractivity contribution >= 4 is 11.6 Å². The van der Waals surface area contributed by atoms with Crippen molar-refractivity contribution in [1.29, 1.82) is 0 Å². The average molecular weight is 228 g/mol. The third-order valence-corrected chi connectivity index (χ3v) is 2.47. The lowest BCUT2D eigenvalue weighted by molar-refractivity contribution is 0.394. The third-order valence-electron chi connectivity index (χ3n) is 2.13. The van der Waals surface area contributed by atoms with E-state index in [-0.39, 0.29) is 0 Å². The minimum absolute atomic E-state index is 0.734. The van der Waals surface area contributed by atoms with Crippen molar-refractivity contribution in [2.45, 2.75) is 13.0 Å². The zero-order chi connectivity index (χ0) is 11.1. The maximum Gasteiger partial charge on any atom is 0.0634 e. The standard InChI is InChI=1S/C11H18ClN3/c1-15(2)7-3-5-13-8-10-4-6-14-9-11(10)12/h4,6,9,13H,3,5,7-8H2,1-2H3. The second-order valence-corrected chi connectivity index (χ2v) is 4.21. The molecule has 0 aliphatic carbocycles. The van der Waals surface area contributed by atoms with Crippen molar-refractivity contribution in [3.05, 3.63) is 29.0 Å². The predicted octanol–water partition coefficient (Wildman–Crippen LogP) is 1.78. The number of nitrogens with one attached hydrogen (secondary N) is 1. The number of hydrogen-bond donors (Lipinski definition) is 1. The molecule has 0 saturated heterocycles. The lowest BCUT2D eigenvalue weighted by atomic mass is 10.2. The highest BCUT2D eigenvalue weighted by Crippen LogP contribution is 2.12. The number of halogens is 1. The van der Waals surface area contributed by atoms with Gasteiger partial charge in [-0.2, -0.15) is 0 Å². The van der Waals surface area contributed by atoms with Crippen LogP contribution in [0.1, 0.15) is 12.0 Å². The molecule has 1 aromatic rings. The molecule has 0 radical (unpaired) electrons. The van der Waals surface area contributed by atoms with E-state index >= 15 is 0 Å². The summed E-state index contributed by atoms with van der Waals surface area (Å²) < 4.78 is 0. The molecule has 0 aromatic carbocycles. The molecule has 0 aliphatic heterocycles. The van der Waals surface area contributed by atoms with Crippen LogP contribution in [0.15, 0.2) is 18.5 Å². The first-order valence-corrected chi connectivity index (χ1v) is 5.52. The van der Waals surface area contributed by atoms with Gasteiger partial charge in [0.15, 0.2) is 0 Å². The van der Waals surface area contributed by atoms with Gasteiger partial charge >= 0.3 is 0 Å². The monoisotopic (exact) mass is 227 g/mol. The van der Waals surface area contributed by atoms with Crippen LogP contribution >= 0.6 is 11.6 Å². The Morgan fingerprint density at radius 2 is 2.27 bits per heavy atom. The van der Waals surface area contributed by atoms with Gasteiger partial charge in [-0.3, -0.25) is 4.98 Å². The molecule has 0 fully saturated rings. The maximum absolute atomic E-state index is 5.98. The molecule has 0 atom stereocenters. The molecule has 15 heavy (non-hydrogen) atoms. The van der Waals surface area contributed by atoms with Gasteiger partial charge < -0.3 is 10.2 Å². The number of rotatable bonds is 6. The SMILES string of the molecule is CN(C)CCCNCc1ccncc1Cl. The lowest BCUT2D eigenvalue weighted by Gasteiger charge is -2.10. The van der Waals surface area contributed by atoms with Crippen LogP contribution in [0, 0.1) is 0 Å². The quantitative estimate of drug-likeness (QED) is 0.751. The minimum Gasteiger partial charge on any atom is -0.313 e. The highest BCUT2D eigenvalue weighted by atomic mass is 35.5. The topological polar surface area (TPSA) is 28.2 Å². The van der Waals surface area contributed by atoms with Crippen LogP contribution in [-0.4, -0.2) is 37.1 Å². The fourth-order valence-corrected chi connectivity index (χ4v) is 1.48. The number of pyridine rings is 1. The van der Waals surface area contributed by atoms with Gasteiger partial charge in [0, 0.05) is 18.9 Å². The van der Waals surface area contributed by atoms with Gasteiger partial charge in [-0.15, -0.1) is 0 Å². The fraction of sp³-hybridized carbons (Fsp3) is 0.545. The second kappa shape index (κ2) is 6.77. The molecule has 0 unspecified atom stereocenters. The van der Waals surface area contributed by atoms with E-state index in [0.717, 1.165) is 36.6 Å². The Balaban J connectivity index is 2.18. The molecule has 1 N–H and O–H groups in total. The lowest BCUT2D eigenvalue weighted by Crippen LogP contribution is -2.21. The second-order valence-electron chi connectivity index (χ2n) is 3.80. The van der Waals surface area contributed by atoms with Crippen molar-refractivity contribution in [2.75, 3.05) is 27.2 Å². The Hall–Kier alpha value is -0.640. The predicted molar refractivity (Wildman–Crippen MR) is 64.1 cm³/mol.